The average molecular weight is 295 g/mol. The summed E-state index contributed by atoms with van der Waals surface area (Å²) in [6.07, 6.45) is 2.22. The second-order valence-corrected chi connectivity index (χ2v) is 7.76. The van der Waals surface area contributed by atoms with Gasteiger partial charge in [-0.25, -0.2) is 8.42 Å². The lowest BCUT2D eigenvalue weighted by molar-refractivity contribution is -0.124. The monoisotopic (exact) mass is 295 g/mol. The first-order valence-corrected chi connectivity index (χ1v) is 8.83. The summed E-state index contributed by atoms with van der Waals surface area (Å²) in [5.74, 6) is -0.334. The lowest BCUT2D eigenvalue weighted by Gasteiger charge is -2.16. The van der Waals surface area contributed by atoms with E-state index in [1.807, 2.05) is 25.1 Å². The molecular formula is C15H21NO3S. The van der Waals surface area contributed by atoms with Crippen molar-refractivity contribution >= 4 is 15.7 Å². The molecule has 2 atom stereocenters. The van der Waals surface area contributed by atoms with E-state index in [4.69, 9.17) is 0 Å². The van der Waals surface area contributed by atoms with Crippen LogP contribution in [0.1, 0.15) is 25.3 Å². The minimum atomic E-state index is -2.99. The number of hydrogen-bond acceptors (Lipinski definition) is 3. The van der Waals surface area contributed by atoms with E-state index in [2.05, 4.69) is 17.4 Å². The number of aryl methyl sites for hydroxylation is 1. The number of rotatable bonds is 5. The maximum Gasteiger partial charge on any atom is 0.224 e. The second kappa shape index (κ2) is 6.39. The maximum atomic E-state index is 12.0. The molecule has 0 radical (unpaired) electrons. The summed E-state index contributed by atoms with van der Waals surface area (Å²) in [6.45, 7) is 1.96. The van der Waals surface area contributed by atoms with E-state index in [0.29, 0.717) is 6.42 Å². The molecule has 1 aromatic rings. The van der Waals surface area contributed by atoms with E-state index in [-0.39, 0.29) is 29.4 Å². The molecule has 2 rings (SSSR count). The number of sulfone groups is 1. The molecule has 1 amide bonds. The van der Waals surface area contributed by atoms with Crippen molar-refractivity contribution in [1.82, 2.24) is 5.32 Å². The smallest absolute Gasteiger partial charge is 0.224 e. The van der Waals surface area contributed by atoms with Gasteiger partial charge in [-0.1, -0.05) is 30.3 Å². The Bertz CT molecular complexity index is 554. The van der Waals surface area contributed by atoms with Crippen LogP contribution >= 0.6 is 0 Å². The highest BCUT2D eigenvalue weighted by molar-refractivity contribution is 7.91. The Morgan fingerprint density at radius 3 is 2.65 bits per heavy atom. The highest BCUT2D eigenvalue weighted by atomic mass is 32.2. The van der Waals surface area contributed by atoms with Gasteiger partial charge in [0, 0.05) is 6.04 Å². The predicted molar refractivity (Wildman–Crippen MR) is 79.1 cm³/mol. The maximum absolute atomic E-state index is 12.0. The van der Waals surface area contributed by atoms with Crippen LogP contribution < -0.4 is 5.32 Å². The number of nitrogens with one attached hydrogen (secondary N) is 1. The van der Waals surface area contributed by atoms with Crippen molar-refractivity contribution in [2.45, 2.75) is 32.2 Å². The SMILES string of the molecule is CC(CCc1ccccc1)NC(=O)C1CCS(=O)(=O)C1. The zero-order valence-corrected chi connectivity index (χ0v) is 12.5. The van der Waals surface area contributed by atoms with Crippen molar-refractivity contribution in [3.05, 3.63) is 35.9 Å². The van der Waals surface area contributed by atoms with E-state index in [0.717, 1.165) is 12.8 Å². The summed E-state index contributed by atoms with van der Waals surface area (Å²) in [6, 6.07) is 10.2. The Labute approximate surface area is 120 Å². The zero-order valence-electron chi connectivity index (χ0n) is 11.7. The third-order valence-corrected chi connectivity index (χ3v) is 5.47. The van der Waals surface area contributed by atoms with E-state index in [1.54, 1.807) is 0 Å². The van der Waals surface area contributed by atoms with Gasteiger partial charge >= 0.3 is 0 Å². The first-order valence-electron chi connectivity index (χ1n) is 7.01. The lowest BCUT2D eigenvalue weighted by atomic mass is 10.0. The van der Waals surface area contributed by atoms with Gasteiger partial charge in [0.2, 0.25) is 5.91 Å². The minimum absolute atomic E-state index is 0.00420. The molecule has 2 unspecified atom stereocenters. The summed E-state index contributed by atoms with van der Waals surface area (Å²) in [7, 11) is -2.99. The first kappa shape index (κ1) is 15.0. The fourth-order valence-corrected chi connectivity index (χ4v) is 4.20. The van der Waals surface area contributed by atoms with Gasteiger partial charge in [-0.15, -0.1) is 0 Å². The van der Waals surface area contributed by atoms with Crippen LogP contribution in [0.25, 0.3) is 0 Å². The van der Waals surface area contributed by atoms with Crippen LogP contribution in [0.5, 0.6) is 0 Å². The number of amides is 1. The molecule has 0 aromatic heterocycles. The topological polar surface area (TPSA) is 63.2 Å². The molecule has 1 aromatic carbocycles. The molecule has 0 saturated carbocycles. The van der Waals surface area contributed by atoms with Crippen molar-refractivity contribution in [3.63, 3.8) is 0 Å². The molecule has 110 valence electrons. The Morgan fingerprint density at radius 2 is 2.05 bits per heavy atom. The number of carbonyl (C=O) groups is 1. The Morgan fingerprint density at radius 1 is 1.35 bits per heavy atom. The third-order valence-electron chi connectivity index (χ3n) is 3.70. The summed E-state index contributed by atoms with van der Waals surface area (Å²) in [5.41, 5.74) is 1.25. The highest BCUT2D eigenvalue weighted by Gasteiger charge is 2.33. The minimum Gasteiger partial charge on any atom is -0.353 e. The molecule has 0 bridgehead atoms. The molecule has 1 aliphatic rings. The van der Waals surface area contributed by atoms with Crippen LogP contribution in [0.4, 0.5) is 0 Å². The van der Waals surface area contributed by atoms with Crippen molar-refractivity contribution in [3.8, 4) is 0 Å². The number of carbonyl (C=O) groups excluding carboxylic acids is 1. The van der Waals surface area contributed by atoms with Crippen LogP contribution in [0.15, 0.2) is 30.3 Å². The molecule has 4 nitrogen and oxygen atoms in total. The van der Waals surface area contributed by atoms with E-state index in [9.17, 15) is 13.2 Å². The summed E-state index contributed by atoms with van der Waals surface area (Å²) >= 11 is 0. The fraction of sp³-hybridized carbons (Fsp3) is 0.533. The molecule has 5 heteroatoms. The van der Waals surface area contributed by atoms with E-state index in [1.165, 1.54) is 5.56 Å². The van der Waals surface area contributed by atoms with E-state index < -0.39 is 9.84 Å². The molecule has 1 heterocycles. The Hall–Kier alpha value is -1.36. The molecule has 20 heavy (non-hydrogen) atoms. The van der Waals surface area contributed by atoms with Gasteiger partial charge in [0.25, 0.3) is 0 Å². The zero-order chi connectivity index (χ0) is 14.6. The summed E-state index contributed by atoms with van der Waals surface area (Å²) in [4.78, 5) is 12.0. The normalized spacial score (nSPS) is 22.4. The van der Waals surface area contributed by atoms with Gasteiger partial charge < -0.3 is 5.32 Å². The highest BCUT2D eigenvalue weighted by Crippen LogP contribution is 2.18. The Kier molecular flexibility index (Phi) is 4.81. The molecule has 1 saturated heterocycles. The van der Waals surface area contributed by atoms with Gasteiger partial charge in [0.1, 0.15) is 0 Å². The van der Waals surface area contributed by atoms with Gasteiger partial charge in [0.15, 0.2) is 9.84 Å². The molecular weight excluding hydrogens is 274 g/mol. The van der Waals surface area contributed by atoms with Crippen LogP contribution in [-0.4, -0.2) is 31.9 Å². The molecule has 0 aliphatic carbocycles. The van der Waals surface area contributed by atoms with Crippen molar-refractivity contribution in [2.24, 2.45) is 5.92 Å². The van der Waals surface area contributed by atoms with Crippen molar-refractivity contribution in [2.75, 3.05) is 11.5 Å². The summed E-state index contributed by atoms with van der Waals surface area (Å²) in [5, 5.41) is 2.93. The van der Waals surface area contributed by atoms with Gasteiger partial charge in [-0.3, -0.25) is 4.79 Å². The van der Waals surface area contributed by atoms with Gasteiger partial charge in [-0.2, -0.15) is 0 Å². The van der Waals surface area contributed by atoms with Crippen molar-refractivity contribution < 1.29 is 13.2 Å². The van der Waals surface area contributed by atoms with Gasteiger partial charge in [0.05, 0.1) is 17.4 Å². The molecule has 1 N–H and O–H groups in total. The first-order chi connectivity index (χ1) is 9.46. The van der Waals surface area contributed by atoms with Gasteiger partial charge in [-0.05, 0) is 31.7 Å². The largest absolute Gasteiger partial charge is 0.353 e. The third kappa shape index (κ3) is 4.34. The molecule has 1 fully saturated rings. The van der Waals surface area contributed by atoms with Crippen LogP contribution in [0, 0.1) is 5.92 Å². The molecule has 1 aliphatic heterocycles. The van der Waals surface area contributed by atoms with Crippen molar-refractivity contribution in [1.29, 1.82) is 0 Å². The van der Waals surface area contributed by atoms with Crippen LogP contribution in [0.3, 0.4) is 0 Å². The number of benzene rings is 1. The Balaban J connectivity index is 1.77. The fourth-order valence-electron chi connectivity index (χ4n) is 2.46. The van der Waals surface area contributed by atoms with Crippen LogP contribution in [-0.2, 0) is 21.1 Å². The quantitative estimate of drug-likeness (QED) is 0.896. The van der Waals surface area contributed by atoms with Crippen LogP contribution in [0.2, 0.25) is 0 Å². The molecule has 0 spiro atoms. The lowest BCUT2D eigenvalue weighted by Crippen LogP contribution is -2.38. The number of hydrogen-bond donors (Lipinski definition) is 1. The predicted octanol–water partition coefficient (Wildman–Crippen LogP) is 1.56. The average Bonchev–Trinajstić information content (AvgIpc) is 2.78. The second-order valence-electron chi connectivity index (χ2n) is 5.53. The standard InChI is InChI=1S/C15H21NO3S/c1-12(7-8-13-5-3-2-4-6-13)16-15(17)14-9-10-20(18,19)11-14/h2-6,12,14H,7-11H2,1H3,(H,16,17). The van der Waals surface area contributed by atoms with E-state index >= 15 is 0 Å². The summed E-state index contributed by atoms with van der Waals surface area (Å²) < 4.78 is 22.7.